The summed E-state index contributed by atoms with van der Waals surface area (Å²) < 4.78 is 9.96. The highest BCUT2D eigenvalue weighted by molar-refractivity contribution is 6.03. The van der Waals surface area contributed by atoms with Crippen molar-refractivity contribution in [2.24, 2.45) is 0 Å². The van der Waals surface area contributed by atoms with Gasteiger partial charge in [0, 0.05) is 6.42 Å². The monoisotopic (exact) mass is 186 g/mol. The van der Waals surface area contributed by atoms with E-state index in [1.807, 2.05) is 0 Å². The van der Waals surface area contributed by atoms with Gasteiger partial charge in [0.25, 0.3) is 0 Å². The summed E-state index contributed by atoms with van der Waals surface area (Å²) in [5, 5.41) is 0. The standard InChI is InChI=1S/C9H14O4/c1-9(2,3)13-8(11)7-6(10)4-5-12-7/h7H,4-5H2,1-3H3. The van der Waals surface area contributed by atoms with E-state index in [9.17, 15) is 9.59 Å². The Kier molecular flexibility index (Phi) is 2.71. The van der Waals surface area contributed by atoms with Crippen LogP contribution in [0.2, 0.25) is 0 Å². The molecule has 13 heavy (non-hydrogen) atoms. The zero-order chi connectivity index (χ0) is 10.1. The average Bonchev–Trinajstić information content (AvgIpc) is 2.30. The highest BCUT2D eigenvalue weighted by atomic mass is 16.6. The van der Waals surface area contributed by atoms with Crippen molar-refractivity contribution in [3.05, 3.63) is 0 Å². The summed E-state index contributed by atoms with van der Waals surface area (Å²) in [4.78, 5) is 22.4. The normalized spacial score (nSPS) is 23.3. The molecule has 1 unspecified atom stereocenters. The lowest BCUT2D eigenvalue weighted by atomic mass is 10.2. The quantitative estimate of drug-likeness (QED) is 0.446. The van der Waals surface area contributed by atoms with Gasteiger partial charge in [0.15, 0.2) is 5.78 Å². The van der Waals surface area contributed by atoms with E-state index in [0.717, 1.165) is 0 Å². The van der Waals surface area contributed by atoms with Gasteiger partial charge >= 0.3 is 5.97 Å². The van der Waals surface area contributed by atoms with Crippen LogP contribution in [0, 0.1) is 0 Å². The van der Waals surface area contributed by atoms with Gasteiger partial charge in [0.1, 0.15) is 5.60 Å². The number of ketones is 1. The van der Waals surface area contributed by atoms with E-state index in [4.69, 9.17) is 9.47 Å². The molecule has 1 fully saturated rings. The summed E-state index contributed by atoms with van der Waals surface area (Å²) in [6.45, 7) is 5.59. The highest BCUT2D eigenvalue weighted by Gasteiger charge is 2.35. The van der Waals surface area contributed by atoms with E-state index in [-0.39, 0.29) is 5.78 Å². The molecule has 0 aliphatic carbocycles. The summed E-state index contributed by atoms with van der Waals surface area (Å²) in [5.41, 5.74) is -0.566. The number of ether oxygens (including phenoxy) is 2. The van der Waals surface area contributed by atoms with Crippen LogP contribution in [0.15, 0.2) is 0 Å². The Bertz CT molecular complexity index is 226. The van der Waals surface area contributed by atoms with Gasteiger partial charge in [-0.05, 0) is 20.8 Å². The Labute approximate surface area is 77.2 Å². The van der Waals surface area contributed by atoms with Crippen LogP contribution in [0.1, 0.15) is 27.2 Å². The predicted molar refractivity (Wildman–Crippen MR) is 45.2 cm³/mol. The van der Waals surface area contributed by atoms with Crippen molar-refractivity contribution < 1.29 is 19.1 Å². The highest BCUT2D eigenvalue weighted by Crippen LogP contribution is 2.14. The number of Topliss-reactive ketones (excluding diaryl/α,β-unsaturated/α-hetero) is 1. The molecule has 4 heteroatoms. The molecule has 74 valence electrons. The molecule has 1 aliphatic heterocycles. The predicted octanol–water partition coefficient (Wildman–Crippen LogP) is 0.686. The van der Waals surface area contributed by atoms with E-state index >= 15 is 0 Å². The Morgan fingerprint density at radius 3 is 2.54 bits per heavy atom. The van der Waals surface area contributed by atoms with Crippen LogP contribution < -0.4 is 0 Å². The largest absolute Gasteiger partial charge is 0.458 e. The number of hydrogen-bond donors (Lipinski definition) is 0. The second-order valence-electron chi connectivity index (χ2n) is 4.00. The fraction of sp³-hybridized carbons (Fsp3) is 0.778. The van der Waals surface area contributed by atoms with Crippen molar-refractivity contribution in [2.75, 3.05) is 6.61 Å². The lowest BCUT2D eigenvalue weighted by Crippen LogP contribution is -2.35. The Morgan fingerprint density at radius 1 is 1.54 bits per heavy atom. The van der Waals surface area contributed by atoms with E-state index in [2.05, 4.69) is 0 Å². The van der Waals surface area contributed by atoms with Gasteiger partial charge in [-0.3, -0.25) is 4.79 Å². The minimum absolute atomic E-state index is 0.186. The molecule has 0 radical (unpaired) electrons. The minimum Gasteiger partial charge on any atom is -0.458 e. The number of esters is 1. The van der Waals surface area contributed by atoms with Crippen molar-refractivity contribution in [2.45, 2.75) is 38.9 Å². The Hall–Kier alpha value is -0.900. The number of carbonyl (C=O) groups is 2. The first-order valence-corrected chi connectivity index (χ1v) is 4.27. The molecule has 0 aromatic heterocycles. The molecule has 0 saturated carbocycles. The molecule has 4 nitrogen and oxygen atoms in total. The third kappa shape index (κ3) is 2.81. The SMILES string of the molecule is CC(C)(C)OC(=O)C1OCCC1=O. The number of hydrogen-bond acceptors (Lipinski definition) is 4. The maximum absolute atomic E-state index is 11.3. The van der Waals surface area contributed by atoms with Crippen LogP contribution in [0.3, 0.4) is 0 Å². The first-order chi connectivity index (χ1) is 5.90. The molecular formula is C9H14O4. The maximum Gasteiger partial charge on any atom is 0.343 e. The zero-order valence-electron chi connectivity index (χ0n) is 8.12. The molecule has 0 spiro atoms. The van der Waals surface area contributed by atoms with Gasteiger partial charge in [-0.1, -0.05) is 0 Å². The molecule has 0 bridgehead atoms. The van der Waals surface area contributed by atoms with E-state index in [1.165, 1.54) is 0 Å². The summed E-state index contributed by atoms with van der Waals surface area (Å²) in [7, 11) is 0. The van der Waals surface area contributed by atoms with Crippen LogP contribution in [0.5, 0.6) is 0 Å². The third-order valence-corrected chi connectivity index (χ3v) is 1.55. The topological polar surface area (TPSA) is 52.6 Å². The van der Waals surface area contributed by atoms with Crippen LogP contribution in [0.4, 0.5) is 0 Å². The second-order valence-corrected chi connectivity index (χ2v) is 4.00. The van der Waals surface area contributed by atoms with Gasteiger partial charge in [0.05, 0.1) is 6.61 Å². The van der Waals surface area contributed by atoms with Crippen molar-refractivity contribution in [1.82, 2.24) is 0 Å². The lowest BCUT2D eigenvalue weighted by molar-refractivity contribution is -0.167. The van der Waals surface area contributed by atoms with Crippen LogP contribution >= 0.6 is 0 Å². The van der Waals surface area contributed by atoms with Crippen LogP contribution in [-0.2, 0) is 19.1 Å². The molecule has 0 N–H and O–H groups in total. The first kappa shape index (κ1) is 10.2. The Morgan fingerprint density at radius 2 is 2.15 bits per heavy atom. The third-order valence-electron chi connectivity index (χ3n) is 1.55. The summed E-state index contributed by atoms with van der Waals surface area (Å²) in [5.74, 6) is -0.760. The molecule has 0 amide bonds. The maximum atomic E-state index is 11.3. The smallest absolute Gasteiger partial charge is 0.343 e. The molecule has 1 atom stereocenters. The fourth-order valence-corrected chi connectivity index (χ4v) is 1.06. The van der Waals surface area contributed by atoms with Gasteiger partial charge < -0.3 is 9.47 Å². The zero-order valence-corrected chi connectivity index (χ0v) is 8.12. The van der Waals surface area contributed by atoms with Gasteiger partial charge in [0.2, 0.25) is 6.10 Å². The van der Waals surface area contributed by atoms with E-state index in [1.54, 1.807) is 20.8 Å². The summed E-state index contributed by atoms with van der Waals surface area (Å²) in [6, 6.07) is 0. The van der Waals surface area contributed by atoms with Crippen molar-refractivity contribution in [3.8, 4) is 0 Å². The van der Waals surface area contributed by atoms with Crippen molar-refractivity contribution in [1.29, 1.82) is 0 Å². The molecule has 1 heterocycles. The average molecular weight is 186 g/mol. The molecule has 1 rings (SSSR count). The van der Waals surface area contributed by atoms with Crippen molar-refractivity contribution in [3.63, 3.8) is 0 Å². The lowest BCUT2D eigenvalue weighted by Gasteiger charge is -2.21. The van der Waals surface area contributed by atoms with Crippen LogP contribution in [0.25, 0.3) is 0 Å². The van der Waals surface area contributed by atoms with E-state index in [0.29, 0.717) is 13.0 Å². The van der Waals surface area contributed by atoms with Gasteiger partial charge in [-0.15, -0.1) is 0 Å². The van der Waals surface area contributed by atoms with Gasteiger partial charge in [-0.2, -0.15) is 0 Å². The number of rotatable bonds is 1. The summed E-state index contributed by atoms with van der Waals surface area (Å²) >= 11 is 0. The van der Waals surface area contributed by atoms with Gasteiger partial charge in [-0.25, -0.2) is 4.79 Å². The van der Waals surface area contributed by atoms with Crippen molar-refractivity contribution >= 4 is 11.8 Å². The number of carbonyl (C=O) groups excluding carboxylic acids is 2. The molecule has 0 aromatic rings. The fourth-order valence-electron chi connectivity index (χ4n) is 1.06. The second kappa shape index (κ2) is 3.46. The Balaban J connectivity index is 2.53. The molecule has 1 aliphatic rings. The molecular weight excluding hydrogens is 172 g/mol. The minimum atomic E-state index is -0.987. The summed E-state index contributed by atoms with van der Waals surface area (Å²) in [6.07, 6.45) is -0.677. The first-order valence-electron chi connectivity index (χ1n) is 4.27. The molecule has 0 aromatic carbocycles. The van der Waals surface area contributed by atoms with E-state index < -0.39 is 17.7 Å². The molecule has 1 saturated heterocycles. The van der Waals surface area contributed by atoms with Crippen LogP contribution in [-0.4, -0.2) is 30.1 Å².